The maximum Gasteiger partial charge on any atom is 0.231 e. The predicted octanol–water partition coefficient (Wildman–Crippen LogP) is 1.67. The summed E-state index contributed by atoms with van der Waals surface area (Å²) in [4.78, 5) is 14.4. The number of benzene rings is 1. The van der Waals surface area contributed by atoms with Gasteiger partial charge in [-0.25, -0.2) is 0 Å². The van der Waals surface area contributed by atoms with Gasteiger partial charge in [-0.1, -0.05) is 18.2 Å². The molecule has 0 saturated carbocycles. The minimum absolute atomic E-state index is 0.00296. The fourth-order valence-electron chi connectivity index (χ4n) is 2.75. The second kappa shape index (κ2) is 5.77. The maximum atomic E-state index is 12.5. The van der Waals surface area contributed by atoms with E-state index in [2.05, 4.69) is 0 Å². The van der Waals surface area contributed by atoms with E-state index in [9.17, 15) is 4.79 Å². The van der Waals surface area contributed by atoms with Crippen molar-refractivity contribution >= 4 is 5.91 Å². The third-order valence-electron chi connectivity index (χ3n) is 3.94. The van der Waals surface area contributed by atoms with Gasteiger partial charge in [0.2, 0.25) is 12.7 Å². The molecule has 2 atom stereocenters. The molecule has 1 aliphatic heterocycles. The van der Waals surface area contributed by atoms with Crippen LogP contribution >= 0.6 is 0 Å². The van der Waals surface area contributed by atoms with Crippen LogP contribution in [0.1, 0.15) is 18.9 Å². The Labute approximate surface area is 124 Å². The van der Waals surface area contributed by atoms with Crippen molar-refractivity contribution in [1.82, 2.24) is 4.90 Å². The molecule has 0 radical (unpaired) electrons. The zero-order chi connectivity index (χ0) is 14.8. The van der Waals surface area contributed by atoms with E-state index in [1.165, 1.54) is 0 Å². The molecule has 0 aromatic heterocycles. The van der Waals surface area contributed by atoms with Gasteiger partial charge in [-0.3, -0.25) is 4.79 Å². The maximum absolute atomic E-state index is 12.5. The summed E-state index contributed by atoms with van der Waals surface area (Å²) in [7, 11) is 0. The van der Waals surface area contributed by atoms with Crippen LogP contribution in [0.25, 0.3) is 0 Å². The monoisotopic (exact) mass is 288 g/mol. The van der Waals surface area contributed by atoms with Crippen molar-refractivity contribution in [2.75, 3.05) is 13.3 Å². The van der Waals surface area contributed by atoms with E-state index in [-0.39, 0.29) is 24.7 Å². The summed E-state index contributed by atoms with van der Waals surface area (Å²) in [6.07, 6.45) is 4.54. The molecule has 0 bridgehead atoms. The predicted molar refractivity (Wildman–Crippen MR) is 78.9 cm³/mol. The quantitative estimate of drug-likeness (QED) is 0.856. The van der Waals surface area contributed by atoms with E-state index < -0.39 is 0 Å². The number of carbonyl (C=O) groups excluding carboxylic acids is 1. The highest BCUT2D eigenvalue weighted by molar-refractivity contribution is 5.81. The second-order valence-electron chi connectivity index (χ2n) is 5.43. The average Bonchev–Trinajstić information content (AvgIpc) is 3.12. The number of carbonyl (C=O) groups is 1. The molecule has 1 heterocycles. The van der Waals surface area contributed by atoms with Crippen LogP contribution in [-0.2, 0) is 11.3 Å². The molecule has 1 aliphatic carbocycles. The second-order valence-corrected chi connectivity index (χ2v) is 5.43. The molecule has 0 spiro atoms. The lowest BCUT2D eigenvalue weighted by molar-refractivity contribution is -0.134. The van der Waals surface area contributed by atoms with Gasteiger partial charge in [0, 0.05) is 19.1 Å². The third kappa shape index (κ3) is 2.88. The topological polar surface area (TPSA) is 64.8 Å². The number of nitrogens with zero attached hydrogens (tertiary/aromatic N) is 1. The minimum atomic E-state index is -0.0889. The van der Waals surface area contributed by atoms with E-state index in [0.29, 0.717) is 19.5 Å². The van der Waals surface area contributed by atoms with Crippen LogP contribution in [0.2, 0.25) is 0 Å². The molecule has 21 heavy (non-hydrogen) atoms. The van der Waals surface area contributed by atoms with E-state index in [4.69, 9.17) is 15.2 Å². The van der Waals surface area contributed by atoms with Gasteiger partial charge >= 0.3 is 0 Å². The number of hydrogen-bond acceptors (Lipinski definition) is 4. The highest BCUT2D eigenvalue weighted by Crippen LogP contribution is 2.33. The summed E-state index contributed by atoms with van der Waals surface area (Å²) in [5.41, 5.74) is 6.87. The summed E-state index contributed by atoms with van der Waals surface area (Å²) in [6, 6.07) is 5.80. The fourth-order valence-corrected chi connectivity index (χ4v) is 2.75. The first-order chi connectivity index (χ1) is 10.2. The Morgan fingerprint density at radius 3 is 2.86 bits per heavy atom. The van der Waals surface area contributed by atoms with Crippen LogP contribution in [0.3, 0.4) is 0 Å². The summed E-state index contributed by atoms with van der Waals surface area (Å²) in [6.45, 7) is 3.50. The Bertz CT molecular complexity index is 571. The van der Waals surface area contributed by atoms with E-state index >= 15 is 0 Å². The largest absolute Gasteiger partial charge is 0.454 e. The van der Waals surface area contributed by atoms with Crippen LogP contribution < -0.4 is 15.2 Å². The van der Waals surface area contributed by atoms with Crippen LogP contribution in [0.15, 0.2) is 30.4 Å². The molecule has 0 saturated heterocycles. The minimum Gasteiger partial charge on any atom is -0.454 e. The molecule has 5 nitrogen and oxygen atoms in total. The average molecular weight is 288 g/mol. The van der Waals surface area contributed by atoms with Crippen molar-refractivity contribution in [1.29, 1.82) is 0 Å². The highest BCUT2D eigenvalue weighted by Gasteiger charge is 2.26. The first kappa shape index (κ1) is 13.9. The number of amides is 1. The number of ether oxygens (including phenoxy) is 2. The van der Waals surface area contributed by atoms with E-state index in [1.807, 2.05) is 42.2 Å². The number of rotatable bonds is 4. The molecule has 2 N–H and O–H groups in total. The molecule has 2 aliphatic rings. The zero-order valence-corrected chi connectivity index (χ0v) is 12.1. The third-order valence-corrected chi connectivity index (χ3v) is 3.94. The summed E-state index contributed by atoms with van der Waals surface area (Å²) < 4.78 is 10.7. The normalized spacial score (nSPS) is 22.6. The van der Waals surface area contributed by atoms with Crippen LogP contribution in [-0.4, -0.2) is 30.2 Å². The SMILES string of the molecule is CCN(Cc1ccc2c(c1)OCO2)C(=O)C1C=CC(N)C1. The molecule has 1 aromatic rings. The first-order valence-electron chi connectivity index (χ1n) is 7.28. The molecule has 112 valence electrons. The Morgan fingerprint density at radius 1 is 1.33 bits per heavy atom. The van der Waals surface area contributed by atoms with Crippen molar-refractivity contribution < 1.29 is 14.3 Å². The molecule has 0 fully saturated rings. The lowest BCUT2D eigenvalue weighted by atomic mass is 10.1. The van der Waals surface area contributed by atoms with E-state index in [1.54, 1.807) is 0 Å². The number of hydrogen-bond donors (Lipinski definition) is 1. The molecular formula is C16H20N2O3. The van der Waals surface area contributed by atoms with Gasteiger partial charge in [-0.15, -0.1) is 0 Å². The molecule has 3 rings (SSSR count). The zero-order valence-electron chi connectivity index (χ0n) is 12.1. The fraction of sp³-hybridized carbons (Fsp3) is 0.438. The number of fused-ring (bicyclic) bond motifs is 1. The van der Waals surface area contributed by atoms with Gasteiger partial charge < -0.3 is 20.1 Å². The van der Waals surface area contributed by atoms with Gasteiger partial charge in [0.25, 0.3) is 0 Å². The molecule has 2 unspecified atom stereocenters. The van der Waals surface area contributed by atoms with Gasteiger partial charge in [-0.2, -0.15) is 0 Å². The highest BCUT2D eigenvalue weighted by atomic mass is 16.7. The summed E-state index contributed by atoms with van der Waals surface area (Å²) in [5, 5.41) is 0. The number of nitrogens with two attached hydrogens (primary N) is 1. The smallest absolute Gasteiger partial charge is 0.231 e. The van der Waals surface area contributed by atoms with E-state index in [0.717, 1.165) is 17.1 Å². The van der Waals surface area contributed by atoms with Crippen molar-refractivity contribution in [2.24, 2.45) is 11.7 Å². The Balaban J connectivity index is 1.69. The van der Waals surface area contributed by atoms with Crippen LogP contribution in [0.4, 0.5) is 0 Å². The Hall–Kier alpha value is -2.01. The Morgan fingerprint density at radius 2 is 2.14 bits per heavy atom. The summed E-state index contributed by atoms with van der Waals surface area (Å²) >= 11 is 0. The van der Waals surface area contributed by atoms with Gasteiger partial charge in [0.05, 0.1) is 5.92 Å². The first-order valence-corrected chi connectivity index (χ1v) is 7.28. The van der Waals surface area contributed by atoms with Gasteiger partial charge in [0.1, 0.15) is 0 Å². The van der Waals surface area contributed by atoms with Gasteiger partial charge in [0.15, 0.2) is 11.5 Å². The molecule has 1 aromatic carbocycles. The lowest BCUT2D eigenvalue weighted by Gasteiger charge is -2.24. The Kier molecular flexibility index (Phi) is 3.84. The standard InChI is InChI=1S/C16H20N2O3/c1-2-18(16(19)12-4-5-13(17)8-12)9-11-3-6-14-15(7-11)21-10-20-14/h3-7,12-13H,2,8-10,17H2,1H3. The summed E-state index contributed by atoms with van der Waals surface area (Å²) in [5.74, 6) is 1.56. The molecular weight excluding hydrogens is 268 g/mol. The van der Waals surface area contributed by atoms with Crippen LogP contribution in [0, 0.1) is 5.92 Å². The lowest BCUT2D eigenvalue weighted by Crippen LogP contribution is -2.35. The molecule has 1 amide bonds. The molecule has 5 heteroatoms. The van der Waals surface area contributed by atoms with Crippen molar-refractivity contribution in [3.05, 3.63) is 35.9 Å². The van der Waals surface area contributed by atoms with Crippen molar-refractivity contribution in [3.63, 3.8) is 0 Å². The van der Waals surface area contributed by atoms with Gasteiger partial charge in [-0.05, 0) is 31.0 Å². The van der Waals surface area contributed by atoms with Crippen molar-refractivity contribution in [2.45, 2.75) is 25.9 Å². The van der Waals surface area contributed by atoms with Crippen LogP contribution in [0.5, 0.6) is 11.5 Å². The van der Waals surface area contributed by atoms with Crippen molar-refractivity contribution in [3.8, 4) is 11.5 Å².